The summed E-state index contributed by atoms with van der Waals surface area (Å²) >= 11 is 9.65. The maximum atomic E-state index is 6.27. The van der Waals surface area contributed by atoms with E-state index in [9.17, 15) is 0 Å². The van der Waals surface area contributed by atoms with Gasteiger partial charge in [-0.25, -0.2) is 15.0 Å². The quantitative estimate of drug-likeness (QED) is 0.815. The predicted octanol–water partition coefficient (Wildman–Crippen LogP) is 2.92. The summed E-state index contributed by atoms with van der Waals surface area (Å²) in [6.45, 7) is 5.51. The maximum Gasteiger partial charge on any atom is 0.147 e. The van der Waals surface area contributed by atoms with Crippen LogP contribution in [-0.2, 0) is 0 Å². The number of anilines is 2. The number of piperazine rings is 1. The smallest absolute Gasteiger partial charge is 0.147 e. The minimum atomic E-state index is 0.677. The van der Waals surface area contributed by atoms with Gasteiger partial charge in [0, 0.05) is 48.6 Å². The molecule has 0 amide bonds. The molecule has 7 heteroatoms. The number of nitrogens with zero attached hydrogens (tertiary/aromatic N) is 5. The molecule has 1 aliphatic rings. The lowest BCUT2D eigenvalue weighted by Crippen LogP contribution is -2.47. The van der Waals surface area contributed by atoms with Crippen LogP contribution in [0.25, 0.3) is 0 Å². The van der Waals surface area contributed by atoms with Gasteiger partial charge in [0.05, 0.1) is 5.02 Å². The van der Waals surface area contributed by atoms with Crippen LogP contribution in [0.5, 0.6) is 0 Å². The minimum absolute atomic E-state index is 0.677. The minimum Gasteiger partial charge on any atom is -0.353 e. The van der Waals surface area contributed by atoms with Gasteiger partial charge in [0.2, 0.25) is 0 Å². The summed E-state index contributed by atoms with van der Waals surface area (Å²) in [6.07, 6.45) is 3.39. The topological polar surface area (TPSA) is 45.2 Å². The maximum absolute atomic E-state index is 6.27. The van der Waals surface area contributed by atoms with Gasteiger partial charge in [0.1, 0.15) is 18.0 Å². The summed E-state index contributed by atoms with van der Waals surface area (Å²) in [6, 6.07) is 3.89. The molecule has 5 nitrogen and oxygen atoms in total. The first-order chi connectivity index (χ1) is 10.1. The van der Waals surface area contributed by atoms with Gasteiger partial charge in [-0.3, -0.25) is 0 Å². The normalized spacial score (nSPS) is 15.4. The number of rotatable bonds is 2. The van der Waals surface area contributed by atoms with Crippen LogP contribution in [0.3, 0.4) is 0 Å². The molecule has 2 aromatic heterocycles. The summed E-state index contributed by atoms with van der Waals surface area (Å²) in [5.41, 5.74) is 0.986. The van der Waals surface area contributed by atoms with Crippen molar-refractivity contribution in [1.29, 1.82) is 0 Å². The molecule has 0 aliphatic carbocycles. The Kier molecular flexibility index (Phi) is 4.26. The zero-order valence-electron chi connectivity index (χ0n) is 11.6. The van der Waals surface area contributed by atoms with Crippen LogP contribution in [0.15, 0.2) is 29.1 Å². The molecule has 1 saturated heterocycles. The second kappa shape index (κ2) is 6.15. The van der Waals surface area contributed by atoms with Crippen LogP contribution in [0.4, 0.5) is 11.6 Å². The van der Waals surface area contributed by atoms with E-state index in [4.69, 9.17) is 11.6 Å². The zero-order valence-corrected chi connectivity index (χ0v) is 14.0. The van der Waals surface area contributed by atoms with Crippen LogP contribution in [0.2, 0.25) is 5.02 Å². The number of hydrogen-bond acceptors (Lipinski definition) is 5. The highest BCUT2D eigenvalue weighted by atomic mass is 79.9. The van der Waals surface area contributed by atoms with Crippen molar-refractivity contribution in [3.63, 3.8) is 0 Å². The molecule has 1 aliphatic heterocycles. The van der Waals surface area contributed by atoms with Crippen molar-refractivity contribution in [2.75, 3.05) is 36.0 Å². The molecule has 3 heterocycles. The van der Waals surface area contributed by atoms with Crippen molar-refractivity contribution in [3.8, 4) is 0 Å². The molecule has 0 atom stereocenters. The molecule has 0 aromatic carbocycles. The van der Waals surface area contributed by atoms with Gasteiger partial charge in [-0.05, 0) is 28.9 Å². The number of pyridine rings is 1. The van der Waals surface area contributed by atoms with Gasteiger partial charge in [-0.2, -0.15) is 0 Å². The molecule has 1 fully saturated rings. The summed E-state index contributed by atoms with van der Waals surface area (Å²) in [5, 5.41) is 0.677. The first kappa shape index (κ1) is 14.5. The molecule has 0 unspecified atom stereocenters. The van der Waals surface area contributed by atoms with Crippen LogP contribution in [0, 0.1) is 6.92 Å². The van der Waals surface area contributed by atoms with Crippen LogP contribution >= 0.6 is 27.5 Å². The first-order valence-electron chi connectivity index (χ1n) is 6.73. The monoisotopic (exact) mass is 367 g/mol. The second-order valence-corrected chi connectivity index (χ2v) is 6.27. The third-order valence-corrected chi connectivity index (χ3v) is 4.19. The molecular formula is C14H15BrClN5. The lowest BCUT2D eigenvalue weighted by atomic mass is 10.3. The molecule has 0 N–H and O–H groups in total. The van der Waals surface area contributed by atoms with Gasteiger partial charge < -0.3 is 9.80 Å². The first-order valence-corrected chi connectivity index (χ1v) is 7.90. The van der Waals surface area contributed by atoms with Gasteiger partial charge in [-0.1, -0.05) is 11.6 Å². The fourth-order valence-corrected chi connectivity index (χ4v) is 3.15. The average molecular weight is 369 g/mol. The average Bonchev–Trinajstić information content (AvgIpc) is 2.47. The number of aromatic nitrogens is 3. The Hall–Kier alpha value is -1.40. The summed E-state index contributed by atoms with van der Waals surface area (Å²) < 4.78 is 0.895. The Bertz CT molecular complexity index is 643. The van der Waals surface area contributed by atoms with Gasteiger partial charge in [-0.15, -0.1) is 0 Å². The van der Waals surface area contributed by atoms with E-state index in [0.29, 0.717) is 5.02 Å². The number of hydrogen-bond donors (Lipinski definition) is 0. The highest BCUT2D eigenvalue weighted by Crippen LogP contribution is 2.27. The lowest BCUT2D eigenvalue weighted by molar-refractivity contribution is 0.640. The van der Waals surface area contributed by atoms with E-state index < -0.39 is 0 Å². The van der Waals surface area contributed by atoms with Crippen molar-refractivity contribution in [2.45, 2.75) is 6.92 Å². The van der Waals surface area contributed by atoms with E-state index in [2.05, 4.69) is 40.7 Å². The molecule has 21 heavy (non-hydrogen) atoms. The van der Waals surface area contributed by atoms with Crippen molar-refractivity contribution >= 4 is 39.2 Å². The molecule has 0 saturated carbocycles. The van der Waals surface area contributed by atoms with Crippen molar-refractivity contribution in [3.05, 3.63) is 39.8 Å². The van der Waals surface area contributed by atoms with Crippen LogP contribution in [0.1, 0.15) is 5.69 Å². The Morgan fingerprint density at radius 1 is 1.05 bits per heavy atom. The van der Waals surface area contributed by atoms with Crippen molar-refractivity contribution in [2.24, 2.45) is 0 Å². The Labute approximate surface area is 137 Å². The molecule has 0 spiro atoms. The summed E-state index contributed by atoms with van der Waals surface area (Å²) in [4.78, 5) is 17.4. The van der Waals surface area contributed by atoms with E-state index in [-0.39, 0.29) is 0 Å². The zero-order chi connectivity index (χ0) is 14.8. The fourth-order valence-electron chi connectivity index (χ4n) is 2.40. The van der Waals surface area contributed by atoms with Gasteiger partial charge >= 0.3 is 0 Å². The molecule has 0 bridgehead atoms. The highest BCUT2D eigenvalue weighted by Gasteiger charge is 2.21. The third-order valence-electron chi connectivity index (χ3n) is 3.48. The molecule has 3 rings (SSSR count). The number of aryl methyl sites for hydroxylation is 1. The number of halogens is 2. The fraction of sp³-hybridized carbons (Fsp3) is 0.357. The SMILES string of the molecule is Cc1cc(N2CCN(c3ncc(Br)cc3Cl)CC2)ncn1. The molecule has 0 radical (unpaired) electrons. The second-order valence-electron chi connectivity index (χ2n) is 4.95. The molecule has 110 valence electrons. The van der Waals surface area contributed by atoms with E-state index in [0.717, 1.165) is 48.0 Å². The van der Waals surface area contributed by atoms with E-state index in [1.807, 2.05) is 19.1 Å². The largest absolute Gasteiger partial charge is 0.353 e. The summed E-state index contributed by atoms with van der Waals surface area (Å²) in [7, 11) is 0. The summed E-state index contributed by atoms with van der Waals surface area (Å²) in [5.74, 6) is 1.83. The van der Waals surface area contributed by atoms with Crippen LogP contribution < -0.4 is 9.80 Å². The van der Waals surface area contributed by atoms with Crippen molar-refractivity contribution in [1.82, 2.24) is 15.0 Å². The van der Waals surface area contributed by atoms with E-state index in [1.54, 1.807) is 12.5 Å². The van der Waals surface area contributed by atoms with Crippen LogP contribution in [-0.4, -0.2) is 41.1 Å². The van der Waals surface area contributed by atoms with Gasteiger partial charge in [0.25, 0.3) is 0 Å². The molecule has 2 aromatic rings. The van der Waals surface area contributed by atoms with E-state index in [1.165, 1.54) is 0 Å². The Morgan fingerprint density at radius 3 is 2.43 bits per heavy atom. The Balaban J connectivity index is 1.70. The highest BCUT2D eigenvalue weighted by molar-refractivity contribution is 9.10. The standard InChI is InChI=1S/C14H15BrClN5/c1-10-6-13(19-9-18-10)20-2-4-21(5-3-20)14-12(16)7-11(15)8-17-14/h6-9H,2-5H2,1H3. The molecular weight excluding hydrogens is 354 g/mol. The predicted molar refractivity (Wildman–Crippen MR) is 88.1 cm³/mol. The lowest BCUT2D eigenvalue weighted by Gasteiger charge is -2.36. The third kappa shape index (κ3) is 3.27. The Morgan fingerprint density at radius 2 is 1.76 bits per heavy atom. The van der Waals surface area contributed by atoms with Gasteiger partial charge in [0.15, 0.2) is 0 Å². The van der Waals surface area contributed by atoms with E-state index >= 15 is 0 Å². The van der Waals surface area contributed by atoms with Crippen molar-refractivity contribution < 1.29 is 0 Å².